The molecule has 0 fully saturated rings. The Morgan fingerprint density at radius 2 is 1.25 bits per heavy atom. The molecule has 0 aliphatic heterocycles. The van der Waals surface area contributed by atoms with Crippen LogP contribution in [0.5, 0.6) is 0 Å². The Morgan fingerprint density at radius 3 is 1.70 bits per heavy atom. The molecule has 20 heavy (non-hydrogen) atoms. The molecule has 0 aromatic heterocycles. The molecule has 0 heterocycles. The number of benzene rings is 2. The lowest BCUT2D eigenvalue weighted by Gasteiger charge is -1.98. The predicted molar refractivity (Wildman–Crippen MR) is 83.2 cm³/mol. The molecule has 0 bridgehead atoms. The molecule has 1 heteroatoms. The molecule has 0 amide bonds. The first-order valence-electron chi connectivity index (χ1n) is 6.47. The number of hydrogen-bond acceptors (Lipinski definition) is 1. The van der Waals surface area contributed by atoms with Crippen molar-refractivity contribution in [1.29, 1.82) is 0 Å². The van der Waals surface area contributed by atoms with E-state index in [1.54, 1.807) is 0 Å². The Morgan fingerprint density at radius 1 is 0.800 bits per heavy atom. The van der Waals surface area contributed by atoms with Crippen molar-refractivity contribution in [2.45, 2.75) is 6.42 Å². The lowest BCUT2D eigenvalue weighted by atomic mass is 10.1. The van der Waals surface area contributed by atoms with Gasteiger partial charge >= 0.3 is 0 Å². The van der Waals surface area contributed by atoms with E-state index in [-0.39, 0.29) is 0 Å². The molecule has 0 spiro atoms. The normalized spacial score (nSPS) is 10.3. The summed E-state index contributed by atoms with van der Waals surface area (Å²) in [6.45, 7) is 0.619. The summed E-state index contributed by atoms with van der Waals surface area (Å²) >= 11 is 0. The topological polar surface area (TPSA) is 9.23 Å². The van der Waals surface area contributed by atoms with Gasteiger partial charge in [0.1, 0.15) is 13.2 Å². The molecule has 1 aliphatic carbocycles. The van der Waals surface area contributed by atoms with Crippen molar-refractivity contribution in [1.82, 2.24) is 0 Å². The molecule has 0 radical (unpaired) electrons. The average Bonchev–Trinajstić information content (AvgIpc) is 2.87. The quantitative estimate of drug-likeness (QED) is 0.506. The smallest absolute Gasteiger partial charge is 0.108 e. The summed E-state index contributed by atoms with van der Waals surface area (Å²) in [5.74, 6) is 4.57. The maximum absolute atomic E-state index is 4.83. The standard InChI is InChI=1S/C13H10.C6H6O/c1-3-7-12-10(5-1)9-11-6-2-4-8-13(11)12;1-3-5-7-6-4-2/h1-8H,9H2;1-2H,5-6H2. The van der Waals surface area contributed by atoms with Crippen molar-refractivity contribution < 1.29 is 4.74 Å². The maximum atomic E-state index is 4.83. The van der Waals surface area contributed by atoms with Gasteiger partial charge in [0.05, 0.1) is 0 Å². The summed E-state index contributed by atoms with van der Waals surface area (Å²) in [5, 5.41) is 0. The van der Waals surface area contributed by atoms with Gasteiger partial charge in [-0.25, -0.2) is 0 Å². The van der Waals surface area contributed by atoms with Crippen LogP contribution in [0, 0.1) is 24.7 Å². The molecule has 2 aromatic rings. The van der Waals surface area contributed by atoms with Crippen LogP contribution < -0.4 is 0 Å². The Labute approximate surface area is 120 Å². The minimum Gasteiger partial charge on any atom is -0.356 e. The molecule has 3 rings (SSSR count). The molecule has 1 nitrogen and oxygen atoms in total. The van der Waals surface area contributed by atoms with Gasteiger partial charge in [0.2, 0.25) is 0 Å². The lowest BCUT2D eigenvalue weighted by Crippen LogP contribution is -1.89. The van der Waals surface area contributed by atoms with E-state index in [1.165, 1.54) is 22.3 Å². The minimum atomic E-state index is 0.310. The number of rotatable bonds is 2. The number of hydrogen-bond donors (Lipinski definition) is 0. The minimum absolute atomic E-state index is 0.310. The first-order chi connectivity index (χ1) is 9.86. The fraction of sp³-hybridized carbons (Fsp3) is 0.158. The first kappa shape index (κ1) is 13.9. The van der Waals surface area contributed by atoms with Crippen molar-refractivity contribution in [3.63, 3.8) is 0 Å². The van der Waals surface area contributed by atoms with Crippen LogP contribution >= 0.6 is 0 Å². The number of terminal acetylenes is 2. The van der Waals surface area contributed by atoms with Crippen LogP contribution in [0.3, 0.4) is 0 Å². The average molecular weight is 260 g/mol. The van der Waals surface area contributed by atoms with E-state index in [4.69, 9.17) is 12.8 Å². The summed E-state index contributed by atoms with van der Waals surface area (Å²) in [6.07, 6.45) is 10.8. The summed E-state index contributed by atoms with van der Waals surface area (Å²) in [7, 11) is 0. The second-order valence-electron chi connectivity index (χ2n) is 4.39. The summed E-state index contributed by atoms with van der Waals surface area (Å²) in [4.78, 5) is 0. The van der Waals surface area contributed by atoms with Crippen LogP contribution in [0.15, 0.2) is 48.5 Å². The van der Waals surface area contributed by atoms with Crippen molar-refractivity contribution in [3.05, 3.63) is 59.7 Å². The van der Waals surface area contributed by atoms with E-state index in [0.717, 1.165) is 6.42 Å². The lowest BCUT2D eigenvalue weighted by molar-refractivity contribution is 0.205. The Bertz CT molecular complexity index is 598. The highest BCUT2D eigenvalue weighted by molar-refractivity contribution is 5.76. The molecular weight excluding hydrogens is 244 g/mol. The zero-order valence-electron chi connectivity index (χ0n) is 11.3. The molecule has 0 N–H and O–H groups in total. The van der Waals surface area contributed by atoms with E-state index in [0.29, 0.717) is 13.2 Å². The third-order valence-corrected chi connectivity index (χ3v) is 3.08. The van der Waals surface area contributed by atoms with Crippen LogP contribution in [0.4, 0.5) is 0 Å². The number of fused-ring (bicyclic) bond motifs is 3. The van der Waals surface area contributed by atoms with Gasteiger partial charge in [-0.15, -0.1) is 12.8 Å². The predicted octanol–water partition coefficient (Wildman–Crippen LogP) is 3.53. The van der Waals surface area contributed by atoms with Crippen LogP contribution in [-0.2, 0) is 11.2 Å². The van der Waals surface area contributed by atoms with Crippen LogP contribution in [0.2, 0.25) is 0 Å². The molecular formula is C19H16O. The molecule has 0 unspecified atom stereocenters. The third kappa shape index (κ3) is 3.29. The van der Waals surface area contributed by atoms with E-state index in [1.807, 2.05) is 0 Å². The van der Waals surface area contributed by atoms with Crippen LogP contribution in [0.25, 0.3) is 11.1 Å². The SMILES string of the molecule is C#CCOCC#C.c1ccc2c(c1)Cc1ccccc1-2. The van der Waals surface area contributed by atoms with Gasteiger partial charge in [-0.1, -0.05) is 60.4 Å². The van der Waals surface area contributed by atoms with Crippen LogP contribution in [-0.4, -0.2) is 13.2 Å². The third-order valence-electron chi connectivity index (χ3n) is 3.08. The molecule has 2 aromatic carbocycles. The largest absolute Gasteiger partial charge is 0.356 e. The van der Waals surface area contributed by atoms with E-state index in [9.17, 15) is 0 Å². The van der Waals surface area contributed by atoms with E-state index >= 15 is 0 Å². The Kier molecular flexibility index (Phi) is 5.01. The van der Waals surface area contributed by atoms with Gasteiger partial charge < -0.3 is 4.74 Å². The van der Waals surface area contributed by atoms with Gasteiger partial charge in [-0.2, -0.15) is 0 Å². The fourth-order valence-electron chi connectivity index (χ4n) is 2.25. The molecule has 0 atom stereocenters. The Balaban J connectivity index is 0.000000182. The highest BCUT2D eigenvalue weighted by Crippen LogP contribution is 2.35. The van der Waals surface area contributed by atoms with E-state index in [2.05, 4.69) is 65.1 Å². The van der Waals surface area contributed by atoms with Crippen molar-refractivity contribution in [2.75, 3.05) is 13.2 Å². The van der Waals surface area contributed by atoms with Gasteiger partial charge in [0, 0.05) is 0 Å². The second-order valence-corrected chi connectivity index (χ2v) is 4.39. The zero-order valence-corrected chi connectivity index (χ0v) is 11.3. The monoisotopic (exact) mass is 260 g/mol. The zero-order chi connectivity index (χ0) is 14.2. The van der Waals surface area contributed by atoms with Crippen molar-refractivity contribution in [2.24, 2.45) is 0 Å². The van der Waals surface area contributed by atoms with Crippen LogP contribution in [0.1, 0.15) is 11.1 Å². The van der Waals surface area contributed by atoms with E-state index < -0.39 is 0 Å². The maximum Gasteiger partial charge on any atom is 0.108 e. The molecule has 1 aliphatic rings. The van der Waals surface area contributed by atoms with Crippen molar-refractivity contribution in [3.8, 4) is 35.8 Å². The molecule has 0 saturated heterocycles. The highest BCUT2D eigenvalue weighted by Gasteiger charge is 2.15. The number of ether oxygens (including phenoxy) is 1. The van der Waals surface area contributed by atoms with Crippen molar-refractivity contribution >= 4 is 0 Å². The second kappa shape index (κ2) is 7.19. The summed E-state index contributed by atoms with van der Waals surface area (Å²) in [5.41, 5.74) is 5.75. The first-order valence-corrected chi connectivity index (χ1v) is 6.47. The molecule has 0 saturated carbocycles. The van der Waals surface area contributed by atoms with Gasteiger partial charge in [0.25, 0.3) is 0 Å². The fourth-order valence-corrected chi connectivity index (χ4v) is 2.25. The highest BCUT2D eigenvalue weighted by atomic mass is 16.5. The molecule has 98 valence electrons. The summed E-state index contributed by atoms with van der Waals surface area (Å²) in [6, 6.07) is 17.3. The summed E-state index contributed by atoms with van der Waals surface area (Å²) < 4.78 is 4.66. The van der Waals surface area contributed by atoms with Gasteiger partial charge in [0.15, 0.2) is 0 Å². The van der Waals surface area contributed by atoms with Gasteiger partial charge in [-0.3, -0.25) is 0 Å². The Hall–Kier alpha value is -2.48. The van der Waals surface area contributed by atoms with Gasteiger partial charge in [-0.05, 0) is 28.7 Å².